The van der Waals surface area contributed by atoms with Crippen LogP contribution < -0.4 is 5.56 Å². The van der Waals surface area contributed by atoms with Gasteiger partial charge in [-0.15, -0.1) is 0 Å². The third-order valence-electron chi connectivity index (χ3n) is 4.30. The Labute approximate surface area is 151 Å². The van der Waals surface area contributed by atoms with Gasteiger partial charge in [0, 0.05) is 6.42 Å². The second-order valence-electron chi connectivity index (χ2n) is 5.94. The Morgan fingerprint density at radius 2 is 1.81 bits per heavy atom. The maximum Gasteiger partial charge on any atom is 0.283 e. The Morgan fingerprint density at radius 1 is 1.04 bits per heavy atom. The molecule has 0 radical (unpaired) electrons. The molecule has 0 saturated carbocycles. The smallest absolute Gasteiger partial charge is 0.267 e. The normalized spacial score (nSPS) is 11.5. The second-order valence-corrected chi connectivity index (χ2v) is 6.33. The zero-order chi connectivity index (χ0) is 17.7. The molecule has 0 aliphatic heterocycles. The van der Waals surface area contributed by atoms with E-state index in [4.69, 9.17) is 12.2 Å². The van der Waals surface area contributed by atoms with E-state index in [1.807, 2.05) is 42.5 Å². The minimum Gasteiger partial charge on any atom is -0.267 e. The molecule has 0 aliphatic rings. The van der Waals surface area contributed by atoms with Gasteiger partial charge in [-0.3, -0.25) is 9.89 Å². The third kappa shape index (κ3) is 2.16. The van der Waals surface area contributed by atoms with E-state index in [0.717, 1.165) is 5.56 Å². The Kier molecular flexibility index (Phi) is 3.19. The van der Waals surface area contributed by atoms with Crippen molar-refractivity contribution in [3.8, 4) is 0 Å². The molecule has 0 amide bonds. The molecule has 26 heavy (non-hydrogen) atoms. The highest BCUT2D eigenvalue weighted by Gasteiger charge is 2.16. The Hall–Kier alpha value is -3.39. The molecule has 2 aromatic carbocycles. The van der Waals surface area contributed by atoms with E-state index in [2.05, 4.69) is 20.3 Å². The van der Waals surface area contributed by atoms with Crippen LogP contribution in [0.5, 0.6) is 0 Å². The van der Waals surface area contributed by atoms with Gasteiger partial charge in [0.25, 0.3) is 5.56 Å². The summed E-state index contributed by atoms with van der Waals surface area (Å²) in [6.07, 6.45) is 0.527. The molecule has 0 fully saturated rings. The molecule has 8 heteroatoms. The van der Waals surface area contributed by atoms with Crippen molar-refractivity contribution >= 4 is 34.5 Å². The molecule has 3 heterocycles. The largest absolute Gasteiger partial charge is 0.283 e. The second kappa shape index (κ2) is 5.57. The predicted octanol–water partition coefficient (Wildman–Crippen LogP) is 2.54. The topological polar surface area (TPSA) is 80.3 Å². The molecule has 5 rings (SSSR count). The molecule has 7 nitrogen and oxygen atoms in total. The number of rotatable bonds is 2. The van der Waals surface area contributed by atoms with Crippen molar-refractivity contribution < 1.29 is 0 Å². The molecule has 0 saturated heterocycles. The summed E-state index contributed by atoms with van der Waals surface area (Å²) in [5.41, 5.74) is 2.65. The van der Waals surface area contributed by atoms with Crippen LogP contribution in [0, 0.1) is 4.77 Å². The number of H-pyrrole nitrogens is 1. The fourth-order valence-corrected chi connectivity index (χ4v) is 3.31. The Morgan fingerprint density at radius 3 is 2.65 bits per heavy atom. The summed E-state index contributed by atoms with van der Waals surface area (Å²) in [6.45, 7) is 0. The quantitative estimate of drug-likeness (QED) is 0.386. The van der Waals surface area contributed by atoms with Crippen molar-refractivity contribution in [3.63, 3.8) is 0 Å². The van der Waals surface area contributed by atoms with Crippen molar-refractivity contribution in [3.05, 3.63) is 81.0 Å². The van der Waals surface area contributed by atoms with Gasteiger partial charge >= 0.3 is 0 Å². The first-order valence-electron chi connectivity index (χ1n) is 8.04. The summed E-state index contributed by atoms with van der Waals surface area (Å²) in [5.74, 6) is 0.347. The minimum atomic E-state index is -0.232. The van der Waals surface area contributed by atoms with Crippen molar-refractivity contribution in [1.82, 2.24) is 29.2 Å². The summed E-state index contributed by atoms with van der Waals surface area (Å²) in [5, 5.41) is 12.2. The van der Waals surface area contributed by atoms with E-state index >= 15 is 0 Å². The number of aromatic nitrogens is 6. The van der Waals surface area contributed by atoms with E-state index in [-0.39, 0.29) is 5.56 Å². The fraction of sp³-hybridized carbons (Fsp3) is 0.0556. The molecule has 5 aromatic rings. The molecular formula is C18H12N6OS. The van der Waals surface area contributed by atoms with Crippen LogP contribution >= 0.6 is 12.2 Å². The van der Waals surface area contributed by atoms with Crippen molar-refractivity contribution in [2.45, 2.75) is 6.42 Å². The van der Waals surface area contributed by atoms with Gasteiger partial charge in [-0.25, -0.2) is 9.38 Å². The Balaban J connectivity index is 1.91. The summed E-state index contributed by atoms with van der Waals surface area (Å²) < 4.78 is 3.34. The van der Waals surface area contributed by atoms with E-state index in [1.165, 1.54) is 4.52 Å². The van der Waals surface area contributed by atoms with Crippen LogP contribution in [0.1, 0.15) is 11.3 Å². The van der Waals surface area contributed by atoms with Gasteiger partial charge in [-0.2, -0.15) is 14.7 Å². The van der Waals surface area contributed by atoms with Crippen molar-refractivity contribution in [2.24, 2.45) is 0 Å². The van der Waals surface area contributed by atoms with Crippen LogP contribution in [-0.2, 0) is 6.42 Å². The first kappa shape index (κ1) is 14.9. The van der Waals surface area contributed by atoms with Crippen molar-refractivity contribution in [2.75, 3.05) is 0 Å². The molecule has 3 aromatic heterocycles. The van der Waals surface area contributed by atoms with E-state index in [9.17, 15) is 4.79 Å². The molecule has 0 bridgehead atoms. The predicted molar refractivity (Wildman–Crippen MR) is 99.9 cm³/mol. The fourth-order valence-electron chi connectivity index (χ4n) is 3.09. The maximum absolute atomic E-state index is 13.0. The standard InChI is InChI=1S/C18H12N6OS/c25-16-12-8-4-5-9-13(12)19-17-23-15(20-21-18(23)26)14(22-24(16)17)10-11-6-2-1-3-7-11/h1-9H,10H2,(H,21,26). The molecule has 126 valence electrons. The lowest BCUT2D eigenvalue weighted by Gasteiger charge is -2.08. The van der Waals surface area contributed by atoms with E-state index < -0.39 is 0 Å². The van der Waals surface area contributed by atoms with Crippen molar-refractivity contribution in [1.29, 1.82) is 0 Å². The first-order chi connectivity index (χ1) is 12.7. The van der Waals surface area contributed by atoms with E-state index in [1.54, 1.807) is 16.5 Å². The summed E-state index contributed by atoms with van der Waals surface area (Å²) in [4.78, 5) is 17.5. The number of hydrogen-bond donors (Lipinski definition) is 1. The zero-order valence-corrected chi connectivity index (χ0v) is 14.3. The van der Waals surface area contributed by atoms with Gasteiger partial charge < -0.3 is 0 Å². The van der Waals surface area contributed by atoms with Gasteiger partial charge in [0.15, 0.2) is 5.65 Å². The average molecular weight is 360 g/mol. The number of para-hydroxylation sites is 1. The monoisotopic (exact) mass is 360 g/mol. The highest BCUT2D eigenvalue weighted by atomic mass is 32.1. The van der Waals surface area contributed by atoms with Gasteiger partial charge in [0.05, 0.1) is 10.9 Å². The van der Waals surface area contributed by atoms with Gasteiger partial charge in [-0.1, -0.05) is 42.5 Å². The highest BCUT2D eigenvalue weighted by molar-refractivity contribution is 7.71. The Bertz CT molecular complexity index is 1400. The number of nitrogens with zero attached hydrogens (tertiary/aromatic N) is 5. The lowest BCUT2D eigenvalue weighted by molar-refractivity contribution is 0.801. The summed E-state index contributed by atoms with van der Waals surface area (Å²) in [6, 6.07) is 17.1. The molecule has 0 spiro atoms. The number of benzene rings is 2. The van der Waals surface area contributed by atoms with Crippen LogP contribution in [0.2, 0.25) is 0 Å². The number of nitrogens with one attached hydrogen (secondary N) is 1. The lowest BCUT2D eigenvalue weighted by Crippen LogP contribution is -2.22. The lowest BCUT2D eigenvalue weighted by atomic mass is 10.1. The van der Waals surface area contributed by atoms with E-state index in [0.29, 0.717) is 39.2 Å². The van der Waals surface area contributed by atoms with Crippen LogP contribution in [0.25, 0.3) is 22.3 Å². The number of hydrogen-bond acceptors (Lipinski definition) is 5. The average Bonchev–Trinajstić information content (AvgIpc) is 3.06. The molecule has 0 unspecified atom stereocenters. The molecule has 0 aliphatic carbocycles. The SMILES string of the molecule is O=c1c2ccccc2nc2n1nc(Cc1ccccc1)c1n[nH]c(=S)n12. The summed E-state index contributed by atoms with van der Waals surface area (Å²) in [7, 11) is 0. The number of fused-ring (bicyclic) bond motifs is 4. The summed E-state index contributed by atoms with van der Waals surface area (Å²) >= 11 is 5.37. The van der Waals surface area contributed by atoms with Gasteiger partial charge in [0.1, 0.15) is 5.69 Å². The van der Waals surface area contributed by atoms with Gasteiger partial charge in [-0.05, 0) is 29.9 Å². The molecule has 1 N–H and O–H groups in total. The van der Waals surface area contributed by atoms with Crippen LogP contribution in [-0.4, -0.2) is 29.2 Å². The number of aromatic amines is 1. The zero-order valence-electron chi connectivity index (χ0n) is 13.5. The molecular weight excluding hydrogens is 348 g/mol. The van der Waals surface area contributed by atoms with Gasteiger partial charge in [0.2, 0.25) is 10.5 Å². The first-order valence-corrected chi connectivity index (χ1v) is 8.45. The maximum atomic E-state index is 13.0. The minimum absolute atomic E-state index is 0.232. The van der Waals surface area contributed by atoms with Crippen LogP contribution in [0.4, 0.5) is 0 Å². The highest BCUT2D eigenvalue weighted by Crippen LogP contribution is 2.15. The van der Waals surface area contributed by atoms with Crippen LogP contribution in [0.3, 0.4) is 0 Å². The third-order valence-corrected chi connectivity index (χ3v) is 4.58. The molecule has 0 atom stereocenters. The van der Waals surface area contributed by atoms with Crippen LogP contribution in [0.15, 0.2) is 59.4 Å².